The summed E-state index contributed by atoms with van der Waals surface area (Å²) in [7, 11) is -3.37. The van der Waals surface area contributed by atoms with Gasteiger partial charge in [0, 0.05) is 18.0 Å². The van der Waals surface area contributed by atoms with E-state index in [2.05, 4.69) is 21.9 Å². The Bertz CT molecular complexity index is 734. The van der Waals surface area contributed by atoms with E-state index in [4.69, 9.17) is 4.74 Å². The highest BCUT2D eigenvalue weighted by molar-refractivity contribution is 7.90. The molecule has 0 unspecified atom stereocenters. The maximum atomic E-state index is 12.5. The fourth-order valence-corrected chi connectivity index (χ4v) is 4.00. The van der Waals surface area contributed by atoms with Crippen LogP contribution in [0.5, 0.6) is 5.88 Å². The molecule has 1 aliphatic carbocycles. The summed E-state index contributed by atoms with van der Waals surface area (Å²) in [4.78, 5) is 16.7. The maximum Gasteiger partial charge on any atom is 0.227 e. The van der Waals surface area contributed by atoms with Gasteiger partial charge in [-0.3, -0.25) is 4.79 Å². The quantitative estimate of drug-likeness (QED) is 0.638. The second kappa shape index (κ2) is 9.69. The van der Waals surface area contributed by atoms with Crippen LogP contribution in [0.25, 0.3) is 0 Å². The van der Waals surface area contributed by atoms with E-state index in [1.165, 1.54) is 0 Å². The Morgan fingerprint density at radius 2 is 1.89 bits per heavy atom. The predicted molar refractivity (Wildman–Crippen MR) is 111 cm³/mol. The van der Waals surface area contributed by atoms with Crippen LogP contribution in [0.2, 0.25) is 0 Å². The lowest BCUT2D eigenvalue weighted by Crippen LogP contribution is -2.46. The average Bonchev–Trinajstić information content (AvgIpc) is 2.62. The largest absolute Gasteiger partial charge is 0.478 e. The summed E-state index contributed by atoms with van der Waals surface area (Å²) >= 11 is 0. The third-order valence-electron chi connectivity index (χ3n) is 4.98. The Labute approximate surface area is 168 Å². The van der Waals surface area contributed by atoms with E-state index in [9.17, 15) is 13.2 Å². The fraction of sp³-hybridized carbons (Fsp3) is 0.700. The number of aromatic nitrogens is 1. The molecule has 1 fully saturated rings. The third-order valence-corrected chi connectivity index (χ3v) is 7.23. The van der Waals surface area contributed by atoms with Gasteiger partial charge in [-0.15, -0.1) is 0 Å². The Morgan fingerprint density at radius 3 is 2.43 bits per heavy atom. The van der Waals surface area contributed by atoms with E-state index in [0.717, 1.165) is 12.8 Å². The van der Waals surface area contributed by atoms with Crippen molar-refractivity contribution in [2.45, 2.75) is 77.0 Å². The lowest BCUT2D eigenvalue weighted by molar-refractivity contribution is -0.120. The van der Waals surface area contributed by atoms with Gasteiger partial charge in [0.05, 0.1) is 23.2 Å². The highest BCUT2D eigenvalue weighted by Crippen LogP contribution is 2.27. The van der Waals surface area contributed by atoms with E-state index in [-0.39, 0.29) is 17.9 Å². The van der Waals surface area contributed by atoms with Crippen LogP contribution >= 0.6 is 0 Å². The van der Waals surface area contributed by atoms with Crippen molar-refractivity contribution >= 4 is 21.6 Å². The van der Waals surface area contributed by atoms with Crippen molar-refractivity contribution in [2.75, 3.05) is 11.9 Å². The summed E-state index contributed by atoms with van der Waals surface area (Å²) in [6.45, 7) is 7.79. The zero-order valence-electron chi connectivity index (χ0n) is 17.3. The van der Waals surface area contributed by atoms with Crippen molar-refractivity contribution < 1.29 is 17.9 Å². The van der Waals surface area contributed by atoms with Crippen molar-refractivity contribution in [3.8, 4) is 5.88 Å². The number of carbonyl (C=O) groups is 1. The first-order valence-corrected chi connectivity index (χ1v) is 11.5. The van der Waals surface area contributed by atoms with Gasteiger partial charge in [0.25, 0.3) is 0 Å². The number of anilines is 1. The first kappa shape index (κ1) is 22.6. The summed E-state index contributed by atoms with van der Waals surface area (Å²) in [5.41, 5.74) is 0.642. The molecule has 0 atom stereocenters. The van der Waals surface area contributed by atoms with Crippen molar-refractivity contribution in [3.05, 3.63) is 18.3 Å². The molecule has 1 aromatic rings. The number of nitrogens with zero attached hydrogens (tertiary/aromatic N) is 1. The van der Waals surface area contributed by atoms with Crippen molar-refractivity contribution in [1.29, 1.82) is 0 Å². The van der Waals surface area contributed by atoms with Gasteiger partial charge in [0.15, 0.2) is 0 Å². The Hall–Kier alpha value is -1.67. The Kier molecular flexibility index (Phi) is 7.83. The Balaban J connectivity index is 1.80. The second-order valence-corrected chi connectivity index (χ2v) is 10.8. The molecule has 1 heterocycles. The molecule has 2 N–H and O–H groups in total. The number of hydrogen-bond acceptors (Lipinski definition) is 5. The van der Waals surface area contributed by atoms with Gasteiger partial charge in [-0.1, -0.05) is 13.3 Å². The third kappa shape index (κ3) is 6.44. The number of ether oxygens (including phenoxy) is 1. The minimum atomic E-state index is -3.37. The monoisotopic (exact) mass is 411 g/mol. The minimum Gasteiger partial charge on any atom is -0.478 e. The normalized spacial score (nSPS) is 20.6. The lowest BCUT2D eigenvalue weighted by atomic mass is 9.86. The van der Waals surface area contributed by atoms with Gasteiger partial charge in [-0.25, -0.2) is 18.1 Å². The molecule has 0 radical (unpaired) electrons. The first-order valence-electron chi connectivity index (χ1n) is 10.0. The number of nitrogens with one attached hydrogen (secondary N) is 2. The first-order chi connectivity index (χ1) is 13.1. The smallest absolute Gasteiger partial charge is 0.227 e. The summed E-state index contributed by atoms with van der Waals surface area (Å²) in [6.07, 6.45) is 6.29. The molecule has 1 amide bonds. The Morgan fingerprint density at radius 1 is 1.21 bits per heavy atom. The highest BCUT2D eigenvalue weighted by Gasteiger charge is 2.34. The van der Waals surface area contributed by atoms with E-state index >= 15 is 0 Å². The van der Waals surface area contributed by atoms with Crippen LogP contribution in [-0.2, 0) is 14.8 Å². The van der Waals surface area contributed by atoms with Gasteiger partial charge < -0.3 is 10.1 Å². The number of sulfonamides is 1. The molecule has 158 valence electrons. The van der Waals surface area contributed by atoms with E-state index < -0.39 is 14.8 Å². The molecular formula is C20H33N3O4S. The van der Waals surface area contributed by atoms with Crippen LogP contribution in [0.1, 0.15) is 66.2 Å². The summed E-state index contributed by atoms with van der Waals surface area (Å²) in [5, 5.41) is 2.90. The molecule has 0 bridgehead atoms. The summed E-state index contributed by atoms with van der Waals surface area (Å²) in [5.74, 6) is 0.396. The van der Waals surface area contributed by atoms with E-state index in [1.54, 1.807) is 39.1 Å². The molecule has 1 aromatic heterocycles. The number of amides is 1. The number of hydrogen-bond donors (Lipinski definition) is 2. The zero-order chi connectivity index (χ0) is 20.8. The molecule has 0 aliphatic heterocycles. The molecule has 28 heavy (non-hydrogen) atoms. The topological polar surface area (TPSA) is 97.4 Å². The fourth-order valence-electron chi connectivity index (χ4n) is 2.97. The van der Waals surface area contributed by atoms with Crippen LogP contribution in [0.15, 0.2) is 18.3 Å². The number of unbranched alkanes of at least 4 members (excludes halogenated alkanes) is 1. The average molecular weight is 412 g/mol. The van der Waals surface area contributed by atoms with Crippen LogP contribution in [0.4, 0.5) is 5.69 Å². The molecule has 0 saturated heterocycles. The van der Waals surface area contributed by atoms with E-state index in [1.807, 2.05) is 0 Å². The van der Waals surface area contributed by atoms with Crippen molar-refractivity contribution in [1.82, 2.24) is 9.71 Å². The van der Waals surface area contributed by atoms with Gasteiger partial charge in [-0.05, 0) is 58.9 Å². The minimum absolute atomic E-state index is 0.0430. The molecule has 1 saturated carbocycles. The number of carbonyl (C=O) groups excluding carboxylic acids is 1. The predicted octanol–water partition coefficient (Wildman–Crippen LogP) is 3.48. The van der Waals surface area contributed by atoms with Crippen LogP contribution < -0.4 is 14.8 Å². The zero-order valence-corrected chi connectivity index (χ0v) is 18.1. The highest BCUT2D eigenvalue weighted by atomic mass is 32.2. The number of rotatable bonds is 8. The molecule has 1 aliphatic rings. The maximum absolute atomic E-state index is 12.5. The van der Waals surface area contributed by atoms with E-state index in [0.29, 0.717) is 43.9 Å². The van der Waals surface area contributed by atoms with Crippen LogP contribution in [-0.4, -0.2) is 36.7 Å². The molecule has 8 heteroatoms. The molecule has 2 rings (SSSR count). The van der Waals surface area contributed by atoms with Gasteiger partial charge in [0.1, 0.15) is 0 Å². The second-order valence-electron chi connectivity index (χ2n) is 8.36. The SMILES string of the molecule is CCCCOc1ccc(NC(=O)C2CCC(NS(=O)(=O)C(C)(C)C)CC2)cn1. The molecule has 0 aromatic carbocycles. The standard InChI is InChI=1S/C20H33N3O4S/c1-5-6-13-27-18-12-11-17(14-21-18)22-19(24)15-7-9-16(10-8-15)23-28(25,26)20(2,3)4/h11-12,14-16,23H,5-10,13H2,1-4H3,(H,22,24). The van der Waals surface area contributed by atoms with Crippen LogP contribution in [0, 0.1) is 5.92 Å². The van der Waals surface area contributed by atoms with Crippen molar-refractivity contribution in [2.24, 2.45) is 5.92 Å². The van der Waals surface area contributed by atoms with Gasteiger partial charge >= 0.3 is 0 Å². The van der Waals surface area contributed by atoms with Crippen molar-refractivity contribution in [3.63, 3.8) is 0 Å². The van der Waals surface area contributed by atoms with Crippen LogP contribution in [0.3, 0.4) is 0 Å². The number of pyridine rings is 1. The summed E-state index contributed by atoms with van der Waals surface area (Å²) in [6, 6.07) is 3.44. The lowest BCUT2D eigenvalue weighted by Gasteiger charge is -2.30. The molecule has 0 spiro atoms. The molecule has 7 nitrogen and oxygen atoms in total. The molecular weight excluding hydrogens is 378 g/mol. The summed E-state index contributed by atoms with van der Waals surface area (Å²) < 4.78 is 32.0. The van der Waals surface area contributed by atoms with Gasteiger partial charge in [0.2, 0.25) is 21.8 Å². The van der Waals surface area contributed by atoms with Gasteiger partial charge in [-0.2, -0.15) is 0 Å².